The number of Topliss-reactive ketones (excluding diaryl/α,β-unsaturated/α-hetero) is 1. The van der Waals surface area contributed by atoms with Gasteiger partial charge in [0.1, 0.15) is 11.5 Å². The summed E-state index contributed by atoms with van der Waals surface area (Å²) in [7, 11) is 1.90. The third-order valence-electron chi connectivity index (χ3n) is 4.63. The number of amides is 1. The van der Waals surface area contributed by atoms with Crippen LogP contribution in [0.1, 0.15) is 34.7 Å². The van der Waals surface area contributed by atoms with E-state index < -0.39 is 0 Å². The van der Waals surface area contributed by atoms with Gasteiger partial charge in [0.15, 0.2) is 5.78 Å². The summed E-state index contributed by atoms with van der Waals surface area (Å²) in [6.07, 6.45) is 3.16. The Morgan fingerprint density at radius 1 is 1.00 bits per heavy atom. The Morgan fingerprint density at radius 2 is 1.72 bits per heavy atom. The van der Waals surface area contributed by atoms with Crippen LogP contribution in [0.5, 0.6) is 0 Å². The molecule has 8 heteroatoms. The van der Waals surface area contributed by atoms with Gasteiger partial charge in [0, 0.05) is 33.6 Å². The molecule has 29 heavy (non-hydrogen) atoms. The Labute approximate surface area is 169 Å². The van der Waals surface area contributed by atoms with Gasteiger partial charge in [0.05, 0.1) is 23.6 Å². The Hall–Kier alpha value is -3.55. The number of anilines is 1. The van der Waals surface area contributed by atoms with E-state index in [9.17, 15) is 9.59 Å². The fourth-order valence-corrected chi connectivity index (χ4v) is 2.96. The lowest BCUT2D eigenvalue weighted by molar-refractivity contribution is 0.0768. The Balaban J connectivity index is 1.73. The van der Waals surface area contributed by atoms with Crippen LogP contribution in [0.2, 0.25) is 0 Å². The Kier molecular flexibility index (Phi) is 6.33. The van der Waals surface area contributed by atoms with Crippen LogP contribution in [0, 0.1) is 0 Å². The number of carbonyl (C=O) groups is 2. The first-order valence-electron chi connectivity index (χ1n) is 9.45. The van der Waals surface area contributed by atoms with Crippen LogP contribution >= 0.6 is 0 Å². The first kappa shape index (κ1) is 20.2. The normalized spacial score (nSPS) is 10.6. The molecule has 0 atom stereocenters. The van der Waals surface area contributed by atoms with E-state index in [0.717, 1.165) is 0 Å². The van der Waals surface area contributed by atoms with Crippen molar-refractivity contribution in [3.63, 3.8) is 0 Å². The van der Waals surface area contributed by atoms with E-state index in [2.05, 4.69) is 15.2 Å². The van der Waals surface area contributed by atoms with Crippen molar-refractivity contribution in [1.82, 2.24) is 24.9 Å². The third kappa shape index (κ3) is 4.66. The van der Waals surface area contributed by atoms with E-state index in [-0.39, 0.29) is 11.7 Å². The number of likely N-dealkylation sites (N-methyl/N-ethyl adjacent to an activating group) is 2. The molecule has 150 valence electrons. The molecule has 0 spiro atoms. The van der Waals surface area contributed by atoms with Gasteiger partial charge in [-0.15, -0.1) is 0 Å². The van der Waals surface area contributed by atoms with E-state index >= 15 is 0 Å². The fraction of sp³-hybridized carbons (Fsp3) is 0.286. The maximum Gasteiger partial charge on any atom is 0.256 e. The van der Waals surface area contributed by atoms with Gasteiger partial charge in [-0.25, -0.2) is 4.98 Å². The summed E-state index contributed by atoms with van der Waals surface area (Å²) in [4.78, 5) is 34.3. The number of aromatic nitrogens is 4. The molecular weight excluding hydrogens is 368 g/mol. The molecule has 0 N–H and O–H groups in total. The summed E-state index contributed by atoms with van der Waals surface area (Å²) >= 11 is 0. The summed E-state index contributed by atoms with van der Waals surface area (Å²) in [6, 6.07) is 12.6. The molecule has 0 aliphatic carbocycles. The lowest BCUT2D eigenvalue weighted by Gasteiger charge is -2.26. The third-order valence-corrected chi connectivity index (χ3v) is 4.63. The summed E-state index contributed by atoms with van der Waals surface area (Å²) in [5, 5.41) is 8.28. The zero-order chi connectivity index (χ0) is 20.8. The second-order valence-electron chi connectivity index (χ2n) is 6.58. The molecule has 2 aromatic heterocycles. The van der Waals surface area contributed by atoms with E-state index in [1.165, 1.54) is 11.7 Å². The molecule has 0 bridgehead atoms. The van der Waals surface area contributed by atoms with Gasteiger partial charge in [-0.3, -0.25) is 9.59 Å². The topological polar surface area (TPSA) is 84.2 Å². The highest BCUT2D eigenvalue weighted by molar-refractivity contribution is 5.97. The zero-order valence-electron chi connectivity index (χ0n) is 16.8. The number of carbonyl (C=O) groups excluding carboxylic acids is 2. The fourth-order valence-electron chi connectivity index (χ4n) is 2.96. The summed E-state index contributed by atoms with van der Waals surface area (Å²) < 4.78 is 0. The molecular formula is C21H24N6O2. The molecule has 3 aromatic rings. The highest BCUT2D eigenvalue weighted by Crippen LogP contribution is 2.16. The first-order valence-corrected chi connectivity index (χ1v) is 9.45. The maximum atomic E-state index is 13.2. The lowest BCUT2D eigenvalue weighted by Crippen LogP contribution is -2.38. The average Bonchev–Trinajstić information content (AvgIpc) is 3.28. The number of nitrogens with zero attached hydrogens (tertiary/aromatic N) is 6. The van der Waals surface area contributed by atoms with Gasteiger partial charge in [0.2, 0.25) is 0 Å². The van der Waals surface area contributed by atoms with Crippen molar-refractivity contribution in [2.75, 3.05) is 31.6 Å². The summed E-state index contributed by atoms with van der Waals surface area (Å²) in [6.45, 7) is 5.10. The SMILES string of the molecule is CCN(CCN(C)c1cccc(C(C)=O)n1)C(=O)c1ccccc1-n1nccn1. The molecule has 2 heterocycles. The molecule has 3 rings (SSSR count). The molecule has 0 saturated heterocycles. The van der Waals surface area contributed by atoms with Crippen LogP contribution in [0.3, 0.4) is 0 Å². The minimum absolute atomic E-state index is 0.0746. The predicted molar refractivity (Wildman–Crippen MR) is 110 cm³/mol. The van der Waals surface area contributed by atoms with Crippen molar-refractivity contribution in [3.8, 4) is 5.69 Å². The van der Waals surface area contributed by atoms with E-state index in [0.29, 0.717) is 42.4 Å². The number of rotatable bonds is 8. The van der Waals surface area contributed by atoms with E-state index in [4.69, 9.17) is 0 Å². The molecule has 1 amide bonds. The second kappa shape index (κ2) is 9.09. The smallest absolute Gasteiger partial charge is 0.256 e. The average molecular weight is 392 g/mol. The minimum atomic E-state index is -0.0840. The molecule has 0 radical (unpaired) electrons. The van der Waals surface area contributed by atoms with Crippen molar-refractivity contribution >= 4 is 17.5 Å². The monoisotopic (exact) mass is 392 g/mol. The molecule has 0 saturated carbocycles. The number of pyridine rings is 1. The van der Waals surface area contributed by atoms with Crippen molar-refractivity contribution < 1.29 is 9.59 Å². The molecule has 0 aliphatic rings. The number of hydrogen-bond donors (Lipinski definition) is 0. The van der Waals surface area contributed by atoms with Gasteiger partial charge >= 0.3 is 0 Å². The number of benzene rings is 1. The van der Waals surface area contributed by atoms with E-state index in [1.807, 2.05) is 49.2 Å². The van der Waals surface area contributed by atoms with Crippen LogP contribution in [0.25, 0.3) is 5.69 Å². The Morgan fingerprint density at radius 3 is 2.41 bits per heavy atom. The molecule has 0 fully saturated rings. The minimum Gasteiger partial charge on any atom is -0.358 e. The molecule has 1 aromatic carbocycles. The number of ketones is 1. The number of hydrogen-bond acceptors (Lipinski definition) is 6. The van der Waals surface area contributed by atoms with Crippen molar-refractivity contribution in [1.29, 1.82) is 0 Å². The van der Waals surface area contributed by atoms with Crippen LogP contribution in [-0.2, 0) is 0 Å². The number of para-hydroxylation sites is 1. The second-order valence-corrected chi connectivity index (χ2v) is 6.58. The molecule has 8 nitrogen and oxygen atoms in total. The largest absolute Gasteiger partial charge is 0.358 e. The van der Waals surface area contributed by atoms with Crippen LogP contribution in [-0.4, -0.2) is 63.3 Å². The van der Waals surface area contributed by atoms with Gasteiger partial charge in [0.25, 0.3) is 5.91 Å². The predicted octanol–water partition coefficient (Wildman–Crippen LogP) is 2.46. The summed E-state index contributed by atoms with van der Waals surface area (Å²) in [5.41, 5.74) is 1.62. The standard InChI is InChI=1S/C21H24N6O2/c1-4-26(15-14-25(3)20-11-7-9-18(24-20)16(2)28)21(29)17-8-5-6-10-19(17)27-22-12-13-23-27/h5-13H,4,14-15H2,1-3H3. The van der Waals surface area contributed by atoms with Gasteiger partial charge < -0.3 is 9.80 Å². The van der Waals surface area contributed by atoms with Gasteiger partial charge in [-0.1, -0.05) is 18.2 Å². The molecule has 0 unspecified atom stereocenters. The summed E-state index contributed by atoms with van der Waals surface area (Å²) in [5.74, 6) is 0.538. The van der Waals surface area contributed by atoms with Crippen LogP contribution < -0.4 is 4.90 Å². The van der Waals surface area contributed by atoms with Crippen LogP contribution in [0.4, 0.5) is 5.82 Å². The first-order chi connectivity index (χ1) is 14.0. The zero-order valence-corrected chi connectivity index (χ0v) is 16.8. The van der Waals surface area contributed by atoms with Gasteiger partial charge in [-0.05, 0) is 31.2 Å². The Bertz CT molecular complexity index is 986. The highest BCUT2D eigenvalue weighted by Gasteiger charge is 2.19. The quantitative estimate of drug-likeness (QED) is 0.548. The van der Waals surface area contributed by atoms with Crippen LogP contribution in [0.15, 0.2) is 54.9 Å². The van der Waals surface area contributed by atoms with Crippen molar-refractivity contribution in [2.24, 2.45) is 0 Å². The highest BCUT2D eigenvalue weighted by atomic mass is 16.2. The van der Waals surface area contributed by atoms with E-state index in [1.54, 1.807) is 29.4 Å². The lowest BCUT2D eigenvalue weighted by atomic mass is 10.1. The van der Waals surface area contributed by atoms with Gasteiger partial charge in [-0.2, -0.15) is 15.0 Å². The van der Waals surface area contributed by atoms with Crippen molar-refractivity contribution in [3.05, 3.63) is 66.1 Å². The maximum absolute atomic E-state index is 13.2. The molecule has 0 aliphatic heterocycles. The van der Waals surface area contributed by atoms with Crippen molar-refractivity contribution in [2.45, 2.75) is 13.8 Å².